The van der Waals surface area contributed by atoms with Crippen LogP contribution in [0.4, 0.5) is 5.88 Å². The molecule has 0 bridgehead atoms. The monoisotopic (exact) mass is 405 g/mol. The Morgan fingerprint density at radius 3 is 2.59 bits per heavy atom. The molecule has 4 aromatic rings. The number of thioether (sulfide) groups is 1. The van der Waals surface area contributed by atoms with E-state index in [-0.39, 0.29) is 11.4 Å². The van der Waals surface area contributed by atoms with Gasteiger partial charge in [-0.25, -0.2) is 4.98 Å². The summed E-state index contributed by atoms with van der Waals surface area (Å²) in [6.45, 7) is 1.98. The molecule has 0 aliphatic rings. The van der Waals surface area contributed by atoms with Crippen LogP contribution in [-0.2, 0) is 0 Å². The number of para-hydroxylation sites is 1. The van der Waals surface area contributed by atoms with Gasteiger partial charge in [0, 0.05) is 0 Å². The van der Waals surface area contributed by atoms with Crippen molar-refractivity contribution < 1.29 is 9.34 Å². The van der Waals surface area contributed by atoms with Gasteiger partial charge in [0.25, 0.3) is 5.56 Å². The Hall–Kier alpha value is -3.65. The Morgan fingerprint density at radius 1 is 1.10 bits per heavy atom. The number of hydrogen-bond acceptors (Lipinski definition) is 6. The molecule has 8 heteroatoms. The van der Waals surface area contributed by atoms with E-state index in [1.165, 1.54) is 23.9 Å². The van der Waals surface area contributed by atoms with Gasteiger partial charge in [-0.2, -0.15) is 0 Å². The van der Waals surface area contributed by atoms with Gasteiger partial charge in [0.2, 0.25) is 0 Å². The predicted molar refractivity (Wildman–Crippen MR) is 112 cm³/mol. The summed E-state index contributed by atoms with van der Waals surface area (Å²) in [6.07, 6.45) is 1.60. The molecule has 7 nitrogen and oxygen atoms in total. The molecule has 0 unspecified atom stereocenters. The van der Waals surface area contributed by atoms with Crippen LogP contribution in [0.1, 0.15) is 11.3 Å². The van der Waals surface area contributed by atoms with E-state index in [0.29, 0.717) is 27.5 Å². The standard InChI is InChI=1S/C21H15N3O4S/c1-14-6-8-15(9-7-14)23-20(25)17-4-2-3-5-18(17)22-21(23)29-13-12-16-10-11-19(28-16)24(26)27/h2-13H,1H3/b13-12+. The second-order valence-corrected chi connectivity index (χ2v) is 7.11. The van der Waals surface area contributed by atoms with Crippen molar-refractivity contribution in [3.05, 3.63) is 97.9 Å². The van der Waals surface area contributed by atoms with Crippen molar-refractivity contribution in [2.75, 3.05) is 0 Å². The highest BCUT2D eigenvalue weighted by Crippen LogP contribution is 2.24. The lowest BCUT2D eigenvalue weighted by Gasteiger charge is -2.12. The van der Waals surface area contributed by atoms with Crippen molar-refractivity contribution in [3.8, 4) is 5.69 Å². The Balaban J connectivity index is 1.76. The molecule has 0 aliphatic carbocycles. The number of rotatable bonds is 5. The average molecular weight is 405 g/mol. The fourth-order valence-corrected chi connectivity index (χ4v) is 3.57. The molecule has 4 rings (SSSR count). The number of nitro groups is 1. The van der Waals surface area contributed by atoms with Gasteiger partial charge in [-0.1, -0.05) is 41.6 Å². The Kier molecular flexibility index (Phi) is 5.01. The van der Waals surface area contributed by atoms with Crippen LogP contribution in [-0.4, -0.2) is 14.5 Å². The lowest BCUT2D eigenvalue weighted by atomic mass is 10.2. The van der Waals surface area contributed by atoms with Gasteiger partial charge >= 0.3 is 5.88 Å². The molecule has 0 spiro atoms. The van der Waals surface area contributed by atoms with Crippen LogP contribution < -0.4 is 5.56 Å². The summed E-state index contributed by atoms with van der Waals surface area (Å²) in [5.74, 6) is 0.0178. The van der Waals surface area contributed by atoms with E-state index in [9.17, 15) is 14.9 Å². The summed E-state index contributed by atoms with van der Waals surface area (Å²) in [5.41, 5.74) is 2.24. The second kappa shape index (κ2) is 7.76. The van der Waals surface area contributed by atoms with Gasteiger partial charge in [0.05, 0.1) is 22.7 Å². The molecule has 0 amide bonds. The summed E-state index contributed by atoms with van der Waals surface area (Å²) in [7, 11) is 0. The molecular weight excluding hydrogens is 390 g/mol. The molecule has 2 aromatic carbocycles. The van der Waals surface area contributed by atoms with Crippen LogP contribution in [0, 0.1) is 17.0 Å². The molecule has 0 aliphatic heterocycles. The fraction of sp³-hybridized carbons (Fsp3) is 0.0476. The van der Waals surface area contributed by atoms with Crippen LogP contribution in [0.3, 0.4) is 0 Å². The average Bonchev–Trinajstić information content (AvgIpc) is 3.19. The summed E-state index contributed by atoms with van der Waals surface area (Å²) < 4.78 is 6.67. The number of aryl methyl sites for hydroxylation is 1. The SMILES string of the molecule is Cc1ccc(-n2c(S/C=C/c3ccc([N+](=O)[O-])o3)nc3ccccc3c2=O)cc1. The summed E-state index contributed by atoms with van der Waals surface area (Å²) >= 11 is 1.23. The smallest absolute Gasteiger partial charge is 0.401 e. The van der Waals surface area contributed by atoms with E-state index in [2.05, 4.69) is 4.98 Å². The van der Waals surface area contributed by atoms with E-state index in [0.717, 1.165) is 5.56 Å². The third kappa shape index (κ3) is 3.83. The van der Waals surface area contributed by atoms with Crippen molar-refractivity contribution in [1.29, 1.82) is 0 Å². The normalized spacial score (nSPS) is 11.3. The van der Waals surface area contributed by atoms with Crippen molar-refractivity contribution in [3.63, 3.8) is 0 Å². The lowest BCUT2D eigenvalue weighted by molar-refractivity contribution is -0.402. The zero-order valence-corrected chi connectivity index (χ0v) is 16.1. The largest absolute Gasteiger partial charge is 0.433 e. The molecule has 0 saturated carbocycles. The first kappa shape index (κ1) is 18.7. The first-order valence-corrected chi connectivity index (χ1v) is 9.57. The van der Waals surface area contributed by atoms with Gasteiger partial charge in [0.1, 0.15) is 10.7 Å². The summed E-state index contributed by atoms with van der Waals surface area (Å²) in [6, 6.07) is 17.6. The van der Waals surface area contributed by atoms with Gasteiger partial charge < -0.3 is 4.42 Å². The molecule has 0 atom stereocenters. The molecule has 144 valence electrons. The Bertz CT molecular complexity index is 1290. The van der Waals surface area contributed by atoms with Crippen molar-refractivity contribution >= 4 is 34.6 Å². The topological polar surface area (TPSA) is 91.2 Å². The van der Waals surface area contributed by atoms with Crippen LogP contribution in [0.15, 0.2) is 80.4 Å². The third-order valence-corrected chi connectivity index (χ3v) is 4.99. The van der Waals surface area contributed by atoms with Crippen LogP contribution in [0.2, 0.25) is 0 Å². The van der Waals surface area contributed by atoms with Gasteiger partial charge in [-0.15, -0.1) is 0 Å². The third-order valence-electron chi connectivity index (χ3n) is 4.24. The first-order chi connectivity index (χ1) is 14.0. The highest BCUT2D eigenvalue weighted by molar-refractivity contribution is 8.02. The molecule has 0 N–H and O–H groups in total. The molecular formula is C21H15N3O4S. The lowest BCUT2D eigenvalue weighted by Crippen LogP contribution is -2.21. The molecule has 2 aromatic heterocycles. The minimum atomic E-state index is -0.593. The minimum Gasteiger partial charge on any atom is -0.401 e. The minimum absolute atomic E-state index is 0.163. The van der Waals surface area contributed by atoms with Crippen LogP contribution >= 0.6 is 11.8 Å². The number of aromatic nitrogens is 2. The zero-order valence-electron chi connectivity index (χ0n) is 15.3. The zero-order chi connectivity index (χ0) is 20.4. The maximum atomic E-state index is 13.1. The van der Waals surface area contributed by atoms with Crippen LogP contribution in [0.5, 0.6) is 0 Å². The van der Waals surface area contributed by atoms with E-state index in [4.69, 9.17) is 4.42 Å². The van der Waals surface area contributed by atoms with Crippen molar-refractivity contribution in [2.45, 2.75) is 12.1 Å². The molecule has 29 heavy (non-hydrogen) atoms. The molecule has 0 saturated heterocycles. The highest BCUT2D eigenvalue weighted by atomic mass is 32.2. The highest BCUT2D eigenvalue weighted by Gasteiger charge is 2.13. The summed E-state index contributed by atoms with van der Waals surface area (Å²) in [5, 5.41) is 13.4. The predicted octanol–water partition coefficient (Wildman–Crippen LogP) is 4.96. The van der Waals surface area contributed by atoms with Crippen molar-refractivity contribution in [2.24, 2.45) is 0 Å². The maximum absolute atomic E-state index is 13.1. The number of furan rings is 1. The quantitative estimate of drug-likeness (QED) is 0.202. The maximum Gasteiger partial charge on any atom is 0.433 e. The number of benzene rings is 2. The van der Waals surface area contributed by atoms with Gasteiger partial charge in [-0.05, 0) is 48.7 Å². The molecule has 0 fully saturated rings. The summed E-state index contributed by atoms with van der Waals surface area (Å²) in [4.78, 5) is 27.9. The van der Waals surface area contributed by atoms with E-state index in [1.807, 2.05) is 37.3 Å². The van der Waals surface area contributed by atoms with E-state index in [1.54, 1.807) is 34.3 Å². The fourth-order valence-electron chi connectivity index (χ4n) is 2.80. The number of fused-ring (bicyclic) bond motifs is 1. The Morgan fingerprint density at radius 2 is 1.86 bits per heavy atom. The molecule has 0 radical (unpaired) electrons. The van der Waals surface area contributed by atoms with E-state index < -0.39 is 4.92 Å². The molecule has 2 heterocycles. The van der Waals surface area contributed by atoms with Crippen molar-refractivity contribution in [1.82, 2.24) is 9.55 Å². The number of hydrogen-bond donors (Lipinski definition) is 0. The van der Waals surface area contributed by atoms with E-state index >= 15 is 0 Å². The second-order valence-electron chi connectivity index (χ2n) is 6.24. The first-order valence-electron chi connectivity index (χ1n) is 8.69. The number of nitrogens with zero attached hydrogens (tertiary/aromatic N) is 3. The Labute approximate surface area is 169 Å². The van der Waals surface area contributed by atoms with Crippen LogP contribution in [0.25, 0.3) is 22.7 Å². The van der Waals surface area contributed by atoms with Gasteiger partial charge in [0.15, 0.2) is 5.16 Å². The van der Waals surface area contributed by atoms with Gasteiger partial charge in [-0.3, -0.25) is 19.5 Å².